The van der Waals surface area contributed by atoms with Crippen molar-refractivity contribution in [3.8, 4) is 5.75 Å². The zero-order valence-corrected chi connectivity index (χ0v) is 10.1. The van der Waals surface area contributed by atoms with Crippen LogP contribution in [-0.2, 0) is 6.54 Å². The molecule has 0 heterocycles. The summed E-state index contributed by atoms with van der Waals surface area (Å²) in [5, 5.41) is 20.0. The van der Waals surface area contributed by atoms with Crippen LogP contribution < -0.4 is 0 Å². The Kier molecular flexibility index (Phi) is 4.71. The van der Waals surface area contributed by atoms with Gasteiger partial charge in [-0.3, -0.25) is 15.0 Å². The zero-order chi connectivity index (χ0) is 14.6. The number of nitro benzene ring substituents is 1. The summed E-state index contributed by atoms with van der Waals surface area (Å²) < 4.78 is 36.9. The third-order valence-corrected chi connectivity index (χ3v) is 2.50. The summed E-state index contributed by atoms with van der Waals surface area (Å²) in [4.78, 5) is 11.1. The number of phenols is 1. The van der Waals surface area contributed by atoms with Gasteiger partial charge in [0.15, 0.2) is 0 Å². The number of aromatic hydroxyl groups is 1. The van der Waals surface area contributed by atoms with Gasteiger partial charge in [-0.1, -0.05) is 6.92 Å². The average molecular weight is 278 g/mol. The van der Waals surface area contributed by atoms with E-state index in [0.29, 0.717) is 0 Å². The minimum absolute atomic E-state index is 0.0519. The van der Waals surface area contributed by atoms with Crippen molar-refractivity contribution >= 4 is 5.69 Å². The van der Waals surface area contributed by atoms with E-state index in [1.807, 2.05) is 0 Å². The average Bonchev–Trinajstić information content (AvgIpc) is 2.25. The van der Waals surface area contributed by atoms with Crippen LogP contribution in [0.3, 0.4) is 0 Å². The van der Waals surface area contributed by atoms with Gasteiger partial charge in [0.05, 0.1) is 11.5 Å². The first-order chi connectivity index (χ1) is 8.73. The highest BCUT2D eigenvalue weighted by atomic mass is 19.4. The molecule has 0 saturated heterocycles. The van der Waals surface area contributed by atoms with Crippen molar-refractivity contribution in [2.75, 3.05) is 13.1 Å². The van der Waals surface area contributed by atoms with Crippen LogP contribution in [0.25, 0.3) is 0 Å². The quantitative estimate of drug-likeness (QED) is 0.664. The molecule has 0 saturated carbocycles. The Bertz CT molecular complexity index is 463. The van der Waals surface area contributed by atoms with E-state index in [2.05, 4.69) is 0 Å². The molecule has 0 atom stereocenters. The van der Waals surface area contributed by atoms with E-state index < -0.39 is 17.6 Å². The fourth-order valence-corrected chi connectivity index (χ4v) is 1.65. The number of hydrogen-bond donors (Lipinski definition) is 1. The number of nitro groups is 1. The summed E-state index contributed by atoms with van der Waals surface area (Å²) in [6, 6.07) is 3.31. The SMILES string of the molecule is CCN(Cc1cc(O)ccc1[N+](=O)[O-])CC(F)(F)F. The van der Waals surface area contributed by atoms with Crippen molar-refractivity contribution in [3.63, 3.8) is 0 Å². The largest absolute Gasteiger partial charge is 0.508 e. The van der Waals surface area contributed by atoms with Crippen molar-refractivity contribution in [1.29, 1.82) is 0 Å². The van der Waals surface area contributed by atoms with Gasteiger partial charge in [-0.25, -0.2) is 0 Å². The lowest BCUT2D eigenvalue weighted by molar-refractivity contribution is -0.385. The molecule has 19 heavy (non-hydrogen) atoms. The molecule has 0 aliphatic rings. The number of nitrogens with zero attached hydrogens (tertiary/aromatic N) is 2. The molecule has 0 unspecified atom stereocenters. The Morgan fingerprint density at radius 3 is 2.53 bits per heavy atom. The summed E-state index contributed by atoms with van der Waals surface area (Å²) in [6.45, 7) is 0.212. The second-order valence-corrected chi connectivity index (χ2v) is 3.99. The van der Waals surface area contributed by atoms with Crippen molar-refractivity contribution < 1.29 is 23.2 Å². The number of phenolic OH excluding ortho intramolecular Hbond substituents is 1. The first kappa shape index (κ1) is 15.2. The highest BCUT2D eigenvalue weighted by Crippen LogP contribution is 2.26. The van der Waals surface area contributed by atoms with Crippen molar-refractivity contribution in [2.45, 2.75) is 19.6 Å². The van der Waals surface area contributed by atoms with E-state index in [0.717, 1.165) is 23.1 Å². The van der Waals surface area contributed by atoms with E-state index in [1.165, 1.54) is 6.92 Å². The predicted octanol–water partition coefficient (Wildman–Crippen LogP) is 2.68. The van der Waals surface area contributed by atoms with E-state index in [1.54, 1.807) is 0 Å². The lowest BCUT2D eigenvalue weighted by atomic mass is 10.1. The fraction of sp³-hybridized carbons (Fsp3) is 0.455. The number of benzene rings is 1. The summed E-state index contributed by atoms with van der Waals surface area (Å²) in [5.74, 6) is -0.219. The maximum atomic E-state index is 12.3. The van der Waals surface area contributed by atoms with Gasteiger partial charge in [-0.05, 0) is 18.7 Å². The molecule has 0 aliphatic heterocycles. The lowest BCUT2D eigenvalue weighted by Gasteiger charge is -2.21. The molecule has 0 aromatic heterocycles. The van der Waals surface area contributed by atoms with Crippen LogP contribution in [0.15, 0.2) is 18.2 Å². The number of alkyl halides is 3. The maximum Gasteiger partial charge on any atom is 0.401 e. The molecule has 0 aliphatic carbocycles. The van der Waals surface area contributed by atoms with Gasteiger partial charge in [0.25, 0.3) is 5.69 Å². The molecular weight excluding hydrogens is 265 g/mol. The Morgan fingerprint density at radius 2 is 2.05 bits per heavy atom. The minimum Gasteiger partial charge on any atom is -0.508 e. The topological polar surface area (TPSA) is 66.6 Å². The number of rotatable bonds is 5. The zero-order valence-electron chi connectivity index (χ0n) is 10.1. The molecule has 0 amide bonds. The Balaban J connectivity index is 2.96. The second-order valence-electron chi connectivity index (χ2n) is 3.99. The Labute approximate surface area is 107 Å². The van der Waals surface area contributed by atoms with E-state index in [-0.39, 0.29) is 30.1 Å². The number of halogens is 3. The Hall–Kier alpha value is -1.83. The third kappa shape index (κ3) is 4.74. The summed E-state index contributed by atoms with van der Waals surface area (Å²) in [5.41, 5.74) is -0.255. The molecule has 1 aromatic rings. The van der Waals surface area contributed by atoms with Crippen LogP contribution in [0.5, 0.6) is 5.75 Å². The summed E-state index contributed by atoms with van der Waals surface area (Å²) >= 11 is 0. The normalized spacial score (nSPS) is 11.8. The minimum atomic E-state index is -4.37. The monoisotopic (exact) mass is 278 g/mol. The van der Waals surface area contributed by atoms with Crippen LogP contribution in [0.1, 0.15) is 12.5 Å². The molecule has 106 valence electrons. The third-order valence-electron chi connectivity index (χ3n) is 2.50. The first-order valence-electron chi connectivity index (χ1n) is 5.48. The van der Waals surface area contributed by atoms with Gasteiger partial charge in [-0.15, -0.1) is 0 Å². The second kappa shape index (κ2) is 5.87. The molecule has 1 N–H and O–H groups in total. The van der Waals surface area contributed by atoms with Gasteiger partial charge in [0.1, 0.15) is 5.75 Å². The molecule has 0 fully saturated rings. The molecule has 0 spiro atoms. The van der Waals surface area contributed by atoms with Crippen LogP contribution in [0, 0.1) is 10.1 Å². The lowest BCUT2D eigenvalue weighted by Crippen LogP contribution is -2.33. The standard InChI is InChI=1S/C11H13F3N2O3/c1-2-15(7-11(12,13)14)6-8-5-9(17)3-4-10(8)16(18)19/h3-5,17H,2,6-7H2,1H3. The number of hydrogen-bond acceptors (Lipinski definition) is 4. The van der Waals surface area contributed by atoms with Crippen molar-refractivity contribution in [3.05, 3.63) is 33.9 Å². The fourth-order valence-electron chi connectivity index (χ4n) is 1.65. The Morgan fingerprint density at radius 1 is 1.42 bits per heavy atom. The van der Waals surface area contributed by atoms with E-state index >= 15 is 0 Å². The van der Waals surface area contributed by atoms with E-state index in [9.17, 15) is 28.4 Å². The van der Waals surface area contributed by atoms with Gasteiger partial charge in [-0.2, -0.15) is 13.2 Å². The maximum absolute atomic E-state index is 12.3. The van der Waals surface area contributed by atoms with Gasteiger partial charge < -0.3 is 5.11 Å². The molecular formula is C11H13F3N2O3. The van der Waals surface area contributed by atoms with Gasteiger partial charge in [0.2, 0.25) is 0 Å². The highest BCUT2D eigenvalue weighted by molar-refractivity contribution is 5.44. The summed E-state index contributed by atoms with van der Waals surface area (Å²) in [7, 11) is 0. The molecule has 8 heteroatoms. The van der Waals surface area contributed by atoms with Crippen LogP contribution in [0.2, 0.25) is 0 Å². The van der Waals surface area contributed by atoms with E-state index in [4.69, 9.17) is 0 Å². The van der Waals surface area contributed by atoms with Crippen molar-refractivity contribution in [2.24, 2.45) is 0 Å². The highest BCUT2D eigenvalue weighted by Gasteiger charge is 2.31. The van der Waals surface area contributed by atoms with Gasteiger partial charge in [0, 0.05) is 18.2 Å². The molecule has 5 nitrogen and oxygen atoms in total. The molecule has 0 radical (unpaired) electrons. The molecule has 0 bridgehead atoms. The smallest absolute Gasteiger partial charge is 0.401 e. The van der Waals surface area contributed by atoms with Crippen molar-refractivity contribution in [1.82, 2.24) is 4.90 Å². The molecule has 1 rings (SSSR count). The van der Waals surface area contributed by atoms with Crippen LogP contribution in [0.4, 0.5) is 18.9 Å². The van der Waals surface area contributed by atoms with Crippen LogP contribution >= 0.6 is 0 Å². The van der Waals surface area contributed by atoms with Gasteiger partial charge >= 0.3 is 6.18 Å². The summed E-state index contributed by atoms with van der Waals surface area (Å²) in [6.07, 6.45) is -4.37. The van der Waals surface area contributed by atoms with Crippen LogP contribution in [-0.4, -0.2) is 34.2 Å². The predicted molar refractivity (Wildman–Crippen MR) is 61.8 cm³/mol. The molecule has 1 aromatic carbocycles. The first-order valence-corrected chi connectivity index (χ1v) is 5.48.